The van der Waals surface area contributed by atoms with E-state index < -0.39 is 0 Å². The van der Waals surface area contributed by atoms with Gasteiger partial charge in [-0.05, 0) is 37.0 Å². The van der Waals surface area contributed by atoms with Crippen LogP contribution in [-0.4, -0.2) is 12.6 Å². The Morgan fingerprint density at radius 3 is 2.73 bits per heavy atom. The van der Waals surface area contributed by atoms with E-state index in [4.69, 9.17) is 23.2 Å². The predicted octanol–water partition coefficient (Wildman–Crippen LogP) is 3.24. The fourth-order valence-electron chi connectivity index (χ4n) is 2.98. The summed E-state index contributed by atoms with van der Waals surface area (Å²) in [4.78, 5) is 0. The second kappa shape index (κ2) is 3.13. The van der Waals surface area contributed by atoms with Gasteiger partial charge in [-0.15, -0.1) is 0 Å². The van der Waals surface area contributed by atoms with Crippen molar-refractivity contribution in [2.75, 3.05) is 6.54 Å². The van der Waals surface area contributed by atoms with Crippen molar-refractivity contribution >= 4 is 23.2 Å². The van der Waals surface area contributed by atoms with Crippen molar-refractivity contribution in [3.05, 3.63) is 33.8 Å². The highest BCUT2D eigenvalue weighted by molar-refractivity contribution is 6.35. The van der Waals surface area contributed by atoms with E-state index in [2.05, 4.69) is 18.3 Å². The van der Waals surface area contributed by atoms with Crippen LogP contribution in [0.3, 0.4) is 0 Å². The van der Waals surface area contributed by atoms with E-state index in [9.17, 15) is 0 Å². The summed E-state index contributed by atoms with van der Waals surface area (Å²) in [5, 5.41) is 5.05. The number of hydrogen-bond donors (Lipinski definition) is 1. The molecule has 0 spiro atoms. The molecule has 80 valence electrons. The zero-order valence-electron chi connectivity index (χ0n) is 8.56. The minimum atomic E-state index is 0.307. The van der Waals surface area contributed by atoms with Gasteiger partial charge >= 0.3 is 0 Å². The van der Waals surface area contributed by atoms with Crippen LogP contribution < -0.4 is 5.32 Å². The lowest BCUT2D eigenvalue weighted by molar-refractivity contribution is 0.578. The number of piperidine rings is 1. The number of fused-ring (bicyclic) bond motifs is 1. The first-order valence-electron chi connectivity index (χ1n) is 5.32. The molecule has 0 aromatic heterocycles. The van der Waals surface area contributed by atoms with Gasteiger partial charge in [-0.25, -0.2) is 0 Å². The van der Waals surface area contributed by atoms with Gasteiger partial charge in [0.15, 0.2) is 0 Å². The lowest BCUT2D eigenvalue weighted by Crippen LogP contribution is -2.24. The quantitative estimate of drug-likeness (QED) is 0.797. The smallest absolute Gasteiger partial charge is 0.0459 e. The molecule has 3 unspecified atom stereocenters. The lowest BCUT2D eigenvalue weighted by Gasteiger charge is -2.14. The Labute approximate surface area is 99.8 Å². The van der Waals surface area contributed by atoms with Gasteiger partial charge in [-0.3, -0.25) is 0 Å². The number of nitrogens with one attached hydrogen (secondary N) is 1. The highest BCUT2D eigenvalue weighted by atomic mass is 35.5. The molecule has 0 amide bonds. The molecule has 15 heavy (non-hydrogen) atoms. The fourth-order valence-corrected chi connectivity index (χ4v) is 3.57. The van der Waals surface area contributed by atoms with Gasteiger partial charge in [-0.2, -0.15) is 0 Å². The van der Waals surface area contributed by atoms with Crippen molar-refractivity contribution in [1.82, 2.24) is 5.32 Å². The molecular formula is C12H13Cl2N. The van der Waals surface area contributed by atoms with Crippen LogP contribution in [0.25, 0.3) is 0 Å². The monoisotopic (exact) mass is 241 g/mol. The van der Waals surface area contributed by atoms with Crippen LogP contribution >= 0.6 is 23.2 Å². The van der Waals surface area contributed by atoms with Gasteiger partial charge in [0.2, 0.25) is 0 Å². The van der Waals surface area contributed by atoms with Crippen LogP contribution in [0.4, 0.5) is 0 Å². The highest BCUT2D eigenvalue weighted by Gasteiger charge is 2.61. The zero-order chi connectivity index (χ0) is 10.6. The van der Waals surface area contributed by atoms with E-state index in [-0.39, 0.29) is 0 Å². The summed E-state index contributed by atoms with van der Waals surface area (Å²) in [6.07, 6.45) is 1.27. The Balaban J connectivity index is 2.01. The third-order valence-corrected chi connectivity index (χ3v) is 4.49. The van der Waals surface area contributed by atoms with E-state index in [1.54, 1.807) is 0 Å². The first kappa shape index (κ1) is 9.95. The molecule has 0 radical (unpaired) electrons. The van der Waals surface area contributed by atoms with Crippen molar-refractivity contribution in [1.29, 1.82) is 0 Å². The van der Waals surface area contributed by atoms with Gasteiger partial charge in [0.1, 0.15) is 0 Å². The SMILES string of the molecule is CC1NCC2(c3ccc(Cl)cc3Cl)CC12. The fraction of sp³-hybridized carbons (Fsp3) is 0.500. The van der Waals surface area contributed by atoms with Crippen molar-refractivity contribution in [3.63, 3.8) is 0 Å². The molecule has 2 aliphatic rings. The average Bonchev–Trinajstić information content (AvgIpc) is 2.83. The van der Waals surface area contributed by atoms with Gasteiger partial charge in [0.25, 0.3) is 0 Å². The lowest BCUT2D eigenvalue weighted by atomic mass is 9.94. The molecule has 1 aromatic carbocycles. The standard InChI is InChI=1S/C12H13Cl2N/c1-7-10-5-12(10,6-15-7)9-3-2-8(13)4-11(9)14/h2-4,7,10,15H,5-6H2,1H3. The Bertz CT molecular complexity index is 418. The molecule has 1 saturated carbocycles. The summed E-state index contributed by atoms with van der Waals surface area (Å²) in [5.74, 6) is 0.760. The molecular weight excluding hydrogens is 229 g/mol. The molecule has 1 aromatic rings. The number of hydrogen-bond acceptors (Lipinski definition) is 1. The summed E-state index contributed by atoms with van der Waals surface area (Å²) in [6, 6.07) is 6.50. The molecule has 2 fully saturated rings. The van der Waals surface area contributed by atoms with E-state index in [0.717, 1.165) is 22.5 Å². The molecule has 3 atom stereocenters. The average molecular weight is 242 g/mol. The number of rotatable bonds is 1. The summed E-state index contributed by atoms with van der Waals surface area (Å²) in [7, 11) is 0. The molecule has 1 nitrogen and oxygen atoms in total. The maximum absolute atomic E-state index is 6.26. The van der Waals surface area contributed by atoms with Gasteiger partial charge in [0.05, 0.1) is 0 Å². The second-order valence-electron chi connectivity index (χ2n) is 4.76. The van der Waals surface area contributed by atoms with Crippen molar-refractivity contribution in [3.8, 4) is 0 Å². The van der Waals surface area contributed by atoms with E-state index in [0.29, 0.717) is 11.5 Å². The van der Waals surface area contributed by atoms with Crippen molar-refractivity contribution in [2.45, 2.75) is 24.8 Å². The zero-order valence-corrected chi connectivity index (χ0v) is 10.1. The van der Waals surface area contributed by atoms with Crippen LogP contribution in [0, 0.1) is 5.92 Å². The normalized spacial score (nSPS) is 37.8. The third-order valence-electron chi connectivity index (χ3n) is 3.94. The molecule has 1 saturated heterocycles. The second-order valence-corrected chi connectivity index (χ2v) is 5.60. The highest BCUT2D eigenvalue weighted by Crippen LogP contribution is 2.60. The Kier molecular flexibility index (Phi) is 2.08. The summed E-state index contributed by atoms with van der Waals surface area (Å²) in [5.41, 5.74) is 1.58. The predicted molar refractivity (Wildman–Crippen MR) is 63.7 cm³/mol. The molecule has 1 aliphatic heterocycles. The first-order valence-corrected chi connectivity index (χ1v) is 6.08. The summed E-state index contributed by atoms with van der Waals surface area (Å²) in [6.45, 7) is 3.31. The van der Waals surface area contributed by atoms with Crippen LogP contribution in [0.15, 0.2) is 18.2 Å². The maximum atomic E-state index is 6.26. The Morgan fingerprint density at radius 1 is 1.40 bits per heavy atom. The minimum absolute atomic E-state index is 0.307. The summed E-state index contributed by atoms with van der Waals surface area (Å²) >= 11 is 12.2. The molecule has 3 heteroatoms. The van der Waals surface area contributed by atoms with E-state index in [1.807, 2.05) is 12.1 Å². The number of benzene rings is 1. The van der Waals surface area contributed by atoms with Crippen LogP contribution in [0.5, 0.6) is 0 Å². The van der Waals surface area contributed by atoms with Gasteiger partial charge in [-0.1, -0.05) is 29.3 Å². The third kappa shape index (κ3) is 1.33. The molecule has 1 N–H and O–H groups in total. The molecule has 1 heterocycles. The van der Waals surface area contributed by atoms with E-state index in [1.165, 1.54) is 12.0 Å². The topological polar surface area (TPSA) is 12.0 Å². The summed E-state index contributed by atoms with van der Waals surface area (Å²) < 4.78 is 0. The van der Waals surface area contributed by atoms with Gasteiger partial charge in [0, 0.05) is 28.0 Å². The first-order chi connectivity index (χ1) is 7.13. The Hall–Kier alpha value is -0.240. The van der Waals surface area contributed by atoms with Crippen LogP contribution in [-0.2, 0) is 5.41 Å². The van der Waals surface area contributed by atoms with Crippen molar-refractivity contribution in [2.24, 2.45) is 5.92 Å². The van der Waals surface area contributed by atoms with Crippen LogP contribution in [0.2, 0.25) is 10.0 Å². The molecule has 3 rings (SSSR count). The number of halogens is 2. The van der Waals surface area contributed by atoms with Crippen molar-refractivity contribution < 1.29 is 0 Å². The van der Waals surface area contributed by atoms with Gasteiger partial charge < -0.3 is 5.32 Å². The molecule has 1 aliphatic carbocycles. The van der Waals surface area contributed by atoms with E-state index >= 15 is 0 Å². The molecule has 0 bridgehead atoms. The minimum Gasteiger partial charge on any atom is -0.313 e. The van der Waals surface area contributed by atoms with Crippen LogP contribution in [0.1, 0.15) is 18.9 Å². The largest absolute Gasteiger partial charge is 0.313 e. The Morgan fingerprint density at radius 2 is 2.20 bits per heavy atom. The maximum Gasteiger partial charge on any atom is 0.0459 e.